The van der Waals surface area contributed by atoms with Gasteiger partial charge in [-0.05, 0) is 31.9 Å². The molecule has 1 fully saturated rings. The zero-order chi connectivity index (χ0) is 14.8. The minimum absolute atomic E-state index is 0.0682. The first-order valence-corrected chi connectivity index (χ1v) is 7.70. The second-order valence-corrected chi connectivity index (χ2v) is 6.19. The number of methoxy groups -OCH3 is 1. The van der Waals surface area contributed by atoms with Gasteiger partial charge in [-0.1, -0.05) is 17.7 Å². The summed E-state index contributed by atoms with van der Waals surface area (Å²) in [5, 5.41) is 1.18. The van der Waals surface area contributed by atoms with Gasteiger partial charge in [0.15, 0.2) is 0 Å². The van der Waals surface area contributed by atoms with E-state index in [2.05, 4.69) is 4.74 Å². The molecule has 0 aliphatic carbocycles. The molecule has 1 aromatic carbocycles. The number of nitrogens with zero attached hydrogens (tertiary/aromatic N) is 1. The number of carbonyl (C=O) groups excluding carboxylic acids is 1. The molecule has 0 N–H and O–H groups in total. The number of carbonyl (C=O) groups is 1. The van der Waals surface area contributed by atoms with Gasteiger partial charge in [-0.3, -0.25) is 4.79 Å². The van der Waals surface area contributed by atoms with Gasteiger partial charge in [0.1, 0.15) is 6.04 Å². The van der Waals surface area contributed by atoms with E-state index in [0.717, 1.165) is 5.56 Å². The fourth-order valence-corrected chi connectivity index (χ4v) is 3.06. The van der Waals surface area contributed by atoms with E-state index < -0.39 is 22.1 Å². The largest absolute Gasteiger partial charge is 0.468 e. The topological polar surface area (TPSA) is 72.9 Å². The molecule has 1 heterocycles. The van der Waals surface area contributed by atoms with Crippen LogP contribution in [0, 0.1) is 6.92 Å². The molecule has 7 heteroatoms. The van der Waals surface area contributed by atoms with Gasteiger partial charge in [0.05, 0.1) is 12.0 Å². The van der Waals surface area contributed by atoms with E-state index in [1.54, 1.807) is 12.1 Å². The summed E-state index contributed by atoms with van der Waals surface area (Å²) in [6, 6.07) is 5.68. The van der Waals surface area contributed by atoms with Crippen molar-refractivity contribution in [2.45, 2.75) is 30.7 Å². The molecule has 0 amide bonds. The Morgan fingerprint density at radius 3 is 2.55 bits per heavy atom. The van der Waals surface area contributed by atoms with Crippen LogP contribution in [0.5, 0.6) is 0 Å². The summed E-state index contributed by atoms with van der Waals surface area (Å²) in [7, 11) is -2.65. The molecular weight excluding hydrogens is 282 g/mol. The van der Waals surface area contributed by atoms with Gasteiger partial charge in [0, 0.05) is 6.54 Å². The highest BCUT2D eigenvalue weighted by atomic mass is 32.2. The van der Waals surface area contributed by atoms with Crippen LogP contribution in [0.1, 0.15) is 18.4 Å². The predicted molar refractivity (Wildman–Crippen MR) is 71.2 cm³/mol. The molecule has 0 spiro atoms. The van der Waals surface area contributed by atoms with Gasteiger partial charge in [0.25, 0.3) is 0 Å². The van der Waals surface area contributed by atoms with Gasteiger partial charge in [0.2, 0.25) is 0 Å². The molecule has 1 aromatic rings. The van der Waals surface area contributed by atoms with Crippen molar-refractivity contribution in [2.75, 3.05) is 13.7 Å². The Hall–Kier alpha value is -1.44. The lowest BCUT2D eigenvalue weighted by molar-refractivity contribution is -0.157. The van der Waals surface area contributed by atoms with Gasteiger partial charge in [-0.2, -0.15) is 17.8 Å². The third-order valence-electron chi connectivity index (χ3n) is 3.18. The normalized spacial score (nSPS) is 20.0. The number of hydroxylamine groups is 2. The van der Waals surface area contributed by atoms with Crippen LogP contribution >= 0.6 is 0 Å². The highest BCUT2D eigenvalue weighted by Gasteiger charge is 2.36. The van der Waals surface area contributed by atoms with Crippen LogP contribution in [0.2, 0.25) is 0 Å². The summed E-state index contributed by atoms with van der Waals surface area (Å²) in [5.41, 5.74) is 0.956. The predicted octanol–water partition coefficient (Wildman–Crippen LogP) is 1.25. The monoisotopic (exact) mass is 299 g/mol. The third-order valence-corrected chi connectivity index (χ3v) is 4.42. The average molecular weight is 299 g/mol. The summed E-state index contributed by atoms with van der Waals surface area (Å²) in [6.07, 6.45) is 1.21. The third kappa shape index (κ3) is 3.17. The van der Waals surface area contributed by atoms with E-state index in [9.17, 15) is 13.2 Å². The van der Waals surface area contributed by atoms with Crippen LogP contribution in [0.3, 0.4) is 0 Å². The maximum Gasteiger partial charge on any atom is 0.325 e. The molecule has 1 atom stereocenters. The number of aryl methyl sites for hydroxylation is 1. The van der Waals surface area contributed by atoms with Gasteiger partial charge in [-0.15, -0.1) is 0 Å². The van der Waals surface area contributed by atoms with Crippen LogP contribution in [-0.4, -0.2) is 39.1 Å². The quantitative estimate of drug-likeness (QED) is 0.779. The molecular formula is C13H17NO5S. The van der Waals surface area contributed by atoms with Crippen LogP contribution in [0.15, 0.2) is 29.2 Å². The number of hydrogen-bond donors (Lipinski definition) is 0. The maximum absolute atomic E-state index is 12.1. The molecule has 1 saturated heterocycles. The van der Waals surface area contributed by atoms with Gasteiger partial charge < -0.3 is 4.74 Å². The standard InChI is InChI=1S/C13H17NO5S/c1-10-5-7-11(8-6-10)20(16,17)19-14-9-3-4-12(14)13(15)18-2/h5-8,12H,3-4,9H2,1-2H3/t12-/m0/s1. The molecule has 0 radical (unpaired) electrons. The van der Waals surface area contributed by atoms with E-state index in [-0.39, 0.29) is 4.90 Å². The zero-order valence-corrected chi connectivity index (χ0v) is 12.2. The summed E-state index contributed by atoms with van der Waals surface area (Å²) in [5.74, 6) is -0.485. The lowest BCUT2D eigenvalue weighted by Gasteiger charge is -2.20. The lowest BCUT2D eigenvalue weighted by atomic mass is 10.2. The lowest BCUT2D eigenvalue weighted by Crippen LogP contribution is -2.38. The fourth-order valence-electron chi connectivity index (χ4n) is 2.07. The zero-order valence-electron chi connectivity index (χ0n) is 11.4. The van der Waals surface area contributed by atoms with E-state index in [1.807, 2.05) is 6.92 Å². The number of hydrogen-bond acceptors (Lipinski definition) is 6. The Morgan fingerprint density at radius 1 is 1.30 bits per heavy atom. The molecule has 0 aromatic heterocycles. The molecule has 2 rings (SSSR count). The van der Waals surface area contributed by atoms with Gasteiger partial charge in [-0.25, -0.2) is 0 Å². The molecule has 1 aliphatic heterocycles. The number of esters is 1. The van der Waals surface area contributed by atoms with E-state index in [1.165, 1.54) is 24.3 Å². The molecule has 20 heavy (non-hydrogen) atoms. The molecule has 6 nitrogen and oxygen atoms in total. The highest BCUT2D eigenvalue weighted by Crippen LogP contribution is 2.23. The van der Waals surface area contributed by atoms with Crippen molar-refractivity contribution < 1.29 is 22.2 Å². The molecule has 1 aliphatic rings. The highest BCUT2D eigenvalue weighted by molar-refractivity contribution is 7.86. The van der Waals surface area contributed by atoms with E-state index >= 15 is 0 Å². The maximum atomic E-state index is 12.1. The van der Waals surface area contributed by atoms with Crippen LogP contribution in [0.4, 0.5) is 0 Å². The second kappa shape index (κ2) is 5.90. The van der Waals surface area contributed by atoms with E-state index in [0.29, 0.717) is 19.4 Å². The Morgan fingerprint density at radius 2 is 1.95 bits per heavy atom. The van der Waals surface area contributed by atoms with Gasteiger partial charge >= 0.3 is 16.1 Å². The minimum Gasteiger partial charge on any atom is -0.468 e. The first-order valence-electron chi connectivity index (χ1n) is 6.30. The van der Waals surface area contributed by atoms with Crippen molar-refractivity contribution in [3.05, 3.63) is 29.8 Å². The van der Waals surface area contributed by atoms with Crippen molar-refractivity contribution in [1.82, 2.24) is 5.06 Å². The Labute approximate surface area is 118 Å². The Bertz CT molecular complexity index is 581. The first kappa shape index (κ1) is 15.0. The minimum atomic E-state index is -3.92. The smallest absolute Gasteiger partial charge is 0.325 e. The SMILES string of the molecule is COC(=O)[C@@H]1CCCN1OS(=O)(=O)c1ccc(C)cc1. The van der Waals surface area contributed by atoms with Crippen LogP contribution in [0.25, 0.3) is 0 Å². The van der Waals surface area contributed by atoms with Crippen LogP contribution < -0.4 is 0 Å². The number of benzene rings is 1. The number of ether oxygens (including phenoxy) is 1. The van der Waals surface area contributed by atoms with Crippen molar-refractivity contribution in [2.24, 2.45) is 0 Å². The van der Waals surface area contributed by atoms with E-state index in [4.69, 9.17) is 4.28 Å². The summed E-state index contributed by atoms with van der Waals surface area (Å²) in [4.78, 5) is 11.6. The summed E-state index contributed by atoms with van der Waals surface area (Å²) in [6.45, 7) is 2.25. The Balaban J connectivity index is 2.15. The summed E-state index contributed by atoms with van der Waals surface area (Å²) < 4.78 is 34.0. The number of rotatable bonds is 4. The molecule has 0 unspecified atom stereocenters. The molecule has 0 bridgehead atoms. The van der Waals surface area contributed by atoms with Crippen molar-refractivity contribution in [3.63, 3.8) is 0 Å². The summed E-state index contributed by atoms with van der Waals surface area (Å²) >= 11 is 0. The Kier molecular flexibility index (Phi) is 4.42. The molecule has 0 saturated carbocycles. The first-order chi connectivity index (χ1) is 9.44. The van der Waals surface area contributed by atoms with Crippen LogP contribution in [-0.2, 0) is 23.9 Å². The fraction of sp³-hybridized carbons (Fsp3) is 0.462. The second-order valence-electron chi connectivity index (χ2n) is 4.66. The van der Waals surface area contributed by atoms with Crippen molar-refractivity contribution in [3.8, 4) is 0 Å². The van der Waals surface area contributed by atoms with Crippen molar-refractivity contribution >= 4 is 16.1 Å². The van der Waals surface area contributed by atoms with Crippen molar-refractivity contribution in [1.29, 1.82) is 0 Å². The average Bonchev–Trinajstić information content (AvgIpc) is 2.85. The molecule has 110 valence electrons.